The number of carbonyl (C=O) groups is 5. The van der Waals surface area contributed by atoms with Gasteiger partial charge in [0.15, 0.2) is 11.2 Å². The summed E-state index contributed by atoms with van der Waals surface area (Å²) in [6.45, 7) is 0. The molecule has 9 rings (SSSR count). The van der Waals surface area contributed by atoms with E-state index >= 15 is 0 Å². The minimum atomic E-state index is -1.62. The Hall–Kier alpha value is -8.10. The van der Waals surface area contributed by atoms with Gasteiger partial charge in [-0.3, -0.25) is 9.59 Å². The largest absolute Gasteiger partial charge is 0.507 e. The molecule has 0 aromatic heterocycles. The number of phenols is 2. The van der Waals surface area contributed by atoms with Crippen molar-refractivity contribution in [3.63, 3.8) is 0 Å². The summed E-state index contributed by atoms with van der Waals surface area (Å²) in [5.41, 5.74) is -4.90. The number of nitrogens with one attached hydrogen (secondary N) is 2. The number of ketones is 1. The average Bonchev–Trinajstić information content (AvgIpc) is 3.16. The average molecular weight is 751 g/mol. The maximum absolute atomic E-state index is 14.9. The Labute approximate surface area is 314 Å². The predicted octanol–water partition coefficient (Wildman–Crippen LogP) is 7.13. The van der Waals surface area contributed by atoms with Crippen molar-refractivity contribution in [3.05, 3.63) is 153 Å². The van der Waals surface area contributed by atoms with Gasteiger partial charge in [-0.1, -0.05) is 54.6 Å². The first-order valence-electron chi connectivity index (χ1n) is 16.3. The number of anilines is 2. The molecule has 0 aliphatic carbocycles. The zero-order valence-corrected chi connectivity index (χ0v) is 28.5. The van der Waals surface area contributed by atoms with Gasteiger partial charge in [-0.2, -0.15) is 6.15 Å². The number of carboxylic acids is 4. The second kappa shape index (κ2) is 14.4. The van der Waals surface area contributed by atoms with E-state index in [-0.39, 0.29) is 56.1 Å². The number of carboxylic acid groups (broad SMARTS) is 4. The van der Waals surface area contributed by atoms with E-state index in [4.69, 9.17) is 0 Å². The molecule has 0 atom stereocenters. The number of hydrogen-bond donors (Lipinski definition) is 7. The summed E-state index contributed by atoms with van der Waals surface area (Å²) in [5, 5.41) is 66.3. The molecule has 276 valence electrons. The van der Waals surface area contributed by atoms with Crippen LogP contribution in [0.3, 0.4) is 0 Å². The van der Waals surface area contributed by atoms with Gasteiger partial charge in [0.2, 0.25) is 0 Å². The summed E-state index contributed by atoms with van der Waals surface area (Å²) in [7, 11) is 0. The number of fused-ring (bicyclic) bond motifs is 2. The SMILES string of the molecule is O=C(O)c1ccccc1C(=O)c1c(Nc2c3c(C(=O)O)ccc2c2ccc(cc2O)c2ccc(c(O)c2)c2ccc(C(=O)O)c(c2)c3=O)cccc1C(=O)O.[NH]. The monoisotopic (exact) mass is 750 g/mol. The molecule has 9 aromatic rings. The van der Waals surface area contributed by atoms with Crippen LogP contribution in [0.1, 0.15) is 57.4 Å². The summed E-state index contributed by atoms with van der Waals surface area (Å²) in [4.78, 5) is 79.2. The number of aromatic hydroxyl groups is 2. The summed E-state index contributed by atoms with van der Waals surface area (Å²) >= 11 is 0. The third kappa shape index (κ3) is 6.33. The highest BCUT2D eigenvalue weighted by molar-refractivity contribution is 6.22. The van der Waals surface area contributed by atoms with Gasteiger partial charge in [-0.05, 0) is 70.8 Å². The lowest BCUT2D eigenvalue weighted by molar-refractivity contribution is 0.0683. The van der Waals surface area contributed by atoms with E-state index in [0.717, 1.165) is 24.3 Å². The normalized spacial score (nSPS) is 10.9. The first-order chi connectivity index (χ1) is 26.3. The number of hydrogen-bond acceptors (Lipinski definition) is 9. The molecule has 0 aliphatic rings. The molecule has 0 saturated heterocycles. The van der Waals surface area contributed by atoms with Gasteiger partial charge < -0.3 is 36.0 Å². The Morgan fingerprint density at radius 2 is 0.982 bits per heavy atom. The smallest absolute Gasteiger partial charge is 0.336 e. The highest BCUT2D eigenvalue weighted by Gasteiger charge is 2.27. The zero-order valence-electron chi connectivity index (χ0n) is 28.5. The van der Waals surface area contributed by atoms with Gasteiger partial charge in [0, 0.05) is 27.1 Å². The molecule has 0 fully saturated rings. The fourth-order valence-corrected chi connectivity index (χ4v) is 6.70. The van der Waals surface area contributed by atoms with Gasteiger partial charge >= 0.3 is 23.9 Å². The van der Waals surface area contributed by atoms with Crippen LogP contribution >= 0.6 is 0 Å². The fourth-order valence-electron chi connectivity index (χ4n) is 6.70. The summed E-state index contributed by atoms with van der Waals surface area (Å²) in [6.07, 6.45) is 0. The second-order valence-corrected chi connectivity index (χ2v) is 12.4. The molecule has 8 N–H and O–H groups in total. The van der Waals surface area contributed by atoms with Gasteiger partial charge in [0.05, 0.1) is 44.6 Å². The second-order valence-electron chi connectivity index (χ2n) is 12.4. The standard InChI is InChI=1S/C42H25NO12.HN/c44-32-17-19-8-11-22(32)21-10-13-27(40(50)51)30(16-21)38(47)35-29(42(54)55)15-14-24(23-12-9-20(19)18-33(23)45)36(35)43-31-7-3-6-28(41(52)53)34(31)37(46)25-4-1-2-5-26(25)39(48)49;/h1-18,43-45H,(H,48,49)(H,50,51)(H,52,53)(H,54,55);1H. The van der Waals surface area contributed by atoms with E-state index in [1.54, 1.807) is 12.1 Å². The molecule has 2 radical (unpaired) electrons. The Morgan fingerprint density at radius 1 is 0.464 bits per heavy atom. The van der Waals surface area contributed by atoms with Crippen molar-refractivity contribution in [3.8, 4) is 11.5 Å². The number of carbonyl (C=O) groups excluding carboxylic acids is 1. The van der Waals surface area contributed by atoms with Gasteiger partial charge in [-0.15, -0.1) is 0 Å². The first kappa shape index (κ1) is 37.7. The fraction of sp³-hybridized carbons (Fsp3) is 0. The number of rotatable bonds is 8. The van der Waals surface area contributed by atoms with E-state index in [9.17, 15) is 59.4 Å². The maximum Gasteiger partial charge on any atom is 0.336 e. The van der Waals surface area contributed by atoms with Crippen LogP contribution in [0.2, 0.25) is 0 Å². The number of phenolic OH excluding ortho intramolecular Hbond substituents is 2. The van der Waals surface area contributed by atoms with Crippen LogP contribution in [0.5, 0.6) is 11.5 Å². The first-order valence-corrected chi connectivity index (χ1v) is 16.3. The van der Waals surface area contributed by atoms with Crippen LogP contribution in [0.25, 0.3) is 43.1 Å². The number of benzene rings is 6. The van der Waals surface area contributed by atoms with Crippen LogP contribution in [0, 0.1) is 0 Å². The molecule has 0 heterocycles. The van der Waals surface area contributed by atoms with E-state index in [1.807, 2.05) is 0 Å². The van der Waals surface area contributed by atoms with E-state index in [0.29, 0.717) is 10.8 Å². The predicted molar refractivity (Wildman–Crippen MR) is 205 cm³/mol. The Morgan fingerprint density at radius 3 is 1.57 bits per heavy atom. The number of aromatic carboxylic acids is 4. The van der Waals surface area contributed by atoms with E-state index in [1.165, 1.54) is 72.8 Å². The highest BCUT2D eigenvalue weighted by Crippen LogP contribution is 2.38. The summed E-state index contributed by atoms with van der Waals surface area (Å²) < 4.78 is 0. The van der Waals surface area contributed by atoms with E-state index < -0.39 is 73.7 Å². The van der Waals surface area contributed by atoms with Crippen molar-refractivity contribution in [2.24, 2.45) is 0 Å². The lowest BCUT2D eigenvalue weighted by Crippen LogP contribution is -2.16. The molecule has 0 saturated carbocycles. The van der Waals surface area contributed by atoms with Crippen molar-refractivity contribution in [1.29, 1.82) is 0 Å². The van der Waals surface area contributed by atoms with Gasteiger partial charge in [-0.25, -0.2) is 19.2 Å². The topological polar surface area (TPSA) is 268 Å². The molecular weight excluding hydrogens is 724 g/mol. The summed E-state index contributed by atoms with van der Waals surface area (Å²) in [6, 6.07) is 23.8. The van der Waals surface area contributed by atoms with Crippen LogP contribution < -0.4 is 16.9 Å². The van der Waals surface area contributed by atoms with Crippen molar-refractivity contribution in [2.75, 3.05) is 5.32 Å². The van der Waals surface area contributed by atoms with Gasteiger partial charge in [0.25, 0.3) is 0 Å². The van der Waals surface area contributed by atoms with Crippen molar-refractivity contribution in [2.45, 2.75) is 0 Å². The molecule has 14 nitrogen and oxygen atoms in total. The Kier molecular flexibility index (Phi) is 9.67. The molecular formula is C42H26N2O12. The van der Waals surface area contributed by atoms with Crippen molar-refractivity contribution >= 4 is 84.1 Å². The Bertz CT molecular complexity index is 2990. The molecule has 0 spiro atoms. The molecule has 9 aromatic carbocycles. The molecule has 0 amide bonds. The third-order valence-corrected chi connectivity index (χ3v) is 9.27. The molecule has 56 heavy (non-hydrogen) atoms. The third-order valence-electron chi connectivity index (χ3n) is 9.27. The van der Waals surface area contributed by atoms with E-state index in [2.05, 4.69) is 5.32 Å². The lowest BCUT2D eigenvalue weighted by Gasteiger charge is -2.18. The molecule has 8 bridgehead atoms. The molecule has 0 aliphatic heterocycles. The maximum atomic E-state index is 14.9. The van der Waals surface area contributed by atoms with Crippen molar-refractivity contribution in [1.82, 2.24) is 6.15 Å². The van der Waals surface area contributed by atoms with Crippen molar-refractivity contribution < 1.29 is 54.6 Å². The summed E-state index contributed by atoms with van der Waals surface area (Å²) in [5.74, 6) is -7.88. The van der Waals surface area contributed by atoms with Gasteiger partial charge in [0.1, 0.15) is 11.5 Å². The minimum Gasteiger partial charge on any atom is -0.507 e. The molecule has 0 unspecified atom stereocenters. The van der Waals surface area contributed by atoms with Crippen LogP contribution in [0.4, 0.5) is 11.4 Å². The Balaban J connectivity index is 0.00000532. The zero-order chi connectivity index (χ0) is 39.3. The molecule has 14 heteroatoms. The lowest BCUT2D eigenvalue weighted by atomic mass is 9.93. The highest BCUT2D eigenvalue weighted by atomic mass is 16.4. The quantitative estimate of drug-likeness (QED) is 0.0763. The van der Waals surface area contributed by atoms with Crippen LogP contribution in [-0.4, -0.2) is 60.3 Å². The van der Waals surface area contributed by atoms with Crippen LogP contribution in [-0.2, 0) is 0 Å². The minimum absolute atomic E-state index is 0. The van der Waals surface area contributed by atoms with Crippen LogP contribution in [0.15, 0.2) is 114 Å².